The van der Waals surface area contributed by atoms with Gasteiger partial charge in [-0.25, -0.2) is 19.3 Å². The molecule has 0 radical (unpaired) electrons. The average molecular weight is 594 g/mol. The highest BCUT2D eigenvalue weighted by atomic mass is 79.9. The van der Waals surface area contributed by atoms with Gasteiger partial charge in [0.2, 0.25) is 11.8 Å². The number of rotatable bonds is 7. The van der Waals surface area contributed by atoms with Crippen LogP contribution in [0.2, 0.25) is 0 Å². The molecule has 0 bridgehead atoms. The Morgan fingerprint density at radius 3 is 2.69 bits per heavy atom. The summed E-state index contributed by atoms with van der Waals surface area (Å²) in [7, 11) is 0. The van der Waals surface area contributed by atoms with E-state index in [1.54, 1.807) is 33.9 Å². The minimum atomic E-state index is -0.619. The van der Waals surface area contributed by atoms with Crippen molar-refractivity contribution in [2.24, 2.45) is 5.92 Å². The van der Waals surface area contributed by atoms with Gasteiger partial charge in [0.1, 0.15) is 22.9 Å². The van der Waals surface area contributed by atoms with Gasteiger partial charge in [-0.1, -0.05) is 0 Å². The first-order chi connectivity index (χ1) is 18.8. The Balaban J connectivity index is 1.24. The molecule has 1 aliphatic carbocycles. The lowest BCUT2D eigenvalue weighted by Crippen LogP contribution is -2.46. The van der Waals surface area contributed by atoms with Crippen LogP contribution < -0.4 is 10.1 Å². The second-order valence-corrected chi connectivity index (χ2v) is 10.3. The van der Waals surface area contributed by atoms with Gasteiger partial charge < -0.3 is 19.5 Å². The maximum atomic E-state index is 13.6. The van der Waals surface area contributed by atoms with E-state index in [1.165, 1.54) is 19.3 Å². The summed E-state index contributed by atoms with van der Waals surface area (Å²) in [5.74, 6) is -0.349. The number of hydrogen-bond acceptors (Lipinski definition) is 8. The van der Waals surface area contributed by atoms with Crippen molar-refractivity contribution in [3.8, 4) is 11.8 Å². The molecule has 1 saturated heterocycles. The molecule has 3 atom stereocenters. The highest BCUT2D eigenvalue weighted by molar-refractivity contribution is 9.10. The molecule has 6 rings (SSSR count). The van der Waals surface area contributed by atoms with Crippen LogP contribution in [0.5, 0.6) is 11.8 Å². The molecule has 198 valence electrons. The molecular weight excluding hydrogens is 573 g/mol. The first-order valence-corrected chi connectivity index (χ1v) is 12.9. The number of carbonyl (C=O) groups excluding carboxylic acids is 3. The Hall–Kier alpha value is -4.26. The molecule has 39 heavy (non-hydrogen) atoms. The Kier molecular flexibility index (Phi) is 6.29. The van der Waals surface area contributed by atoms with E-state index in [0.717, 1.165) is 18.8 Å². The summed E-state index contributed by atoms with van der Waals surface area (Å²) in [4.78, 5) is 56.5. The van der Waals surface area contributed by atoms with Crippen molar-refractivity contribution in [2.75, 3.05) is 5.32 Å². The molecule has 1 N–H and O–H groups in total. The van der Waals surface area contributed by atoms with Crippen LogP contribution in [0.3, 0.4) is 0 Å². The number of ketones is 1. The van der Waals surface area contributed by atoms with E-state index in [0.29, 0.717) is 45.0 Å². The summed E-state index contributed by atoms with van der Waals surface area (Å²) < 4.78 is 20.9. The number of carbonyl (C=O) groups is 3. The molecule has 4 aromatic rings. The van der Waals surface area contributed by atoms with Crippen LogP contribution in [0.15, 0.2) is 53.8 Å². The number of anilines is 1. The average Bonchev–Trinajstić information content (AvgIpc) is 3.41. The molecule has 2 aliphatic rings. The third kappa shape index (κ3) is 4.97. The van der Waals surface area contributed by atoms with E-state index in [-0.39, 0.29) is 36.2 Å². The predicted molar refractivity (Wildman–Crippen MR) is 140 cm³/mol. The Morgan fingerprint density at radius 2 is 1.95 bits per heavy atom. The molecule has 3 aromatic heterocycles. The summed E-state index contributed by atoms with van der Waals surface area (Å²) in [6.07, 6.45) is 8.03. The third-order valence-electron chi connectivity index (χ3n) is 6.89. The van der Waals surface area contributed by atoms with Crippen molar-refractivity contribution in [2.45, 2.75) is 38.4 Å². The molecule has 4 heterocycles. The molecule has 11 nitrogen and oxygen atoms in total. The highest BCUT2D eigenvalue weighted by Gasteiger charge is 2.56. The van der Waals surface area contributed by atoms with E-state index >= 15 is 0 Å². The number of piperidine rings is 1. The van der Waals surface area contributed by atoms with Gasteiger partial charge in [0.25, 0.3) is 0 Å². The van der Waals surface area contributed by atoms with Gasteiger partial charge in [0.05, 0.1) is 24.8 Å². The van der Waals surface area contributed by atoms with Crippen molar-refractivity contribution >= 4 is 50.2 Å². The Labute approximate surface area is 229 Å². The van der Waals surface area contributed by atoms with Gasteiger partial charge in [-0.05, 0) is 59.8 Å². The van der Waals surface area contributed by atoms with Gasteiger partial charge in [0, 0.05) is 28.7 Å². The standard InChI is InChI=1S/C26H21BrFN7O4/c1-13(36)18-11-34(19-3-2-16(6-17(18)19)39-26-30-7-15(28)8-31-26)12-24(37)35-20-4-14(20)5-21(35)25(38)33-23-10-29-9-22(27)32-23/h2-3,6-11,14,20-21H,4-5,12H2,1H3,(H,32,33,38)/t14-,20-,21+/m1/s1. The summed E-state index contributed by atoms with van der Waals surface area (Å²) in [5, 5.41) is 3.35. The van der Waals surface area contributed by atoms with E-state index in [2.05, 4.69) is 41.2 Å². The van der Waals surface area contributed by atoms with E-state index in [4.69, 9.17) is 4.74 Å². The van der Waals surface area contributed by atoms with Crippen LogP contribution in [0.1, 0.15) is 30.1 Å². The molecule has 2 fully saturated rings. The number of Topliss-reactive ketones (excluding diaryl/α,β-unsaturated/α-hetero) is 1. The second kappa shape index (κ2) is 9.80. The SMILES string of the molecule is CC(=O)c1cn(CC(=O)N2[C@@H]3C[C@@H]3C[C@H]2C(=O)Nc2cncc(Br)n2)c2ccc(Oc3ncc(F)cn3)cc12. The normalized spacial score (nSPS) is 19.6. The molecule has 13 heteroatoms. The fourth-order valence-electron chi connectivity index (χ4n) is 5.10. The minimum Gasteiger partial charge on any atom is -0.424 e. The fourth-order valence-corrected chi connectivity index (χ4v) is 5.41. The number of halogens is 2. The van der Waals surface area contributed by atoms with Crippen LogP contribution in [-0.2, 0) is 16.1 Å². The zero-order valence-electron chi connectivity index (χ0n) is 20.5. The Bertz CT molecular complexity index is 1630. The van der Waals surface area contributed by atoms with Crippen LogP contribution >= 0.6 is 15.9 Å². The number of aromatic nitrogens is 5. The number of fused-ring (bicyclic) bond motifs is 2. The largest absolute Gasteiger partial charge is 0.424 e. The number of nitrogens with one attached hydrogen (secondary N) is 1. The van der Waals surface area contributed by atoms with Gasteiger partial charge in [-0.3, -0.25) is 19.4 Å². The number of benzene rings is 1. The quantitative estimate of drug-likeness (QED) is 0.320. The highest BCUT2D eigenvalue weighted by Crippen LogP contribution is 2.48. The third-order valence-corrected chi connectivity index (χ3v) is 7.28. The zero-order valence-corrected chi connectivity index (χ0v) is 22.1. The number of ether oxygens (including phenoxy) is 1. The van der Waals surface area contributed by atoms with E-state index in [1.807, 2.05) is 0 Å². The molecule has 1 aliphatic heterocycles. The monoisotopic (exact) mass is 593 g/mol. The summed E-state index contributed by atoms with van der Waals surface area (Å²) in [6, 6.07) is 4.40. The van der Waals surface area contributed by atoms with Crippen LogP contribution in [-0.4, -0.2) is 59.1 Å². The van der Waals surface area contributed by atoms with Gasteiger partial charge >= 0.3 is 6.01 Å². The molecule has 1 saturated carbocycles. The first kappa shape index (κ1) is 25.0. The van der Waals surface area contributed by atoms with Crippen molar-refractivity contribution in [1.82, 2.24) is 29.4 Å². The Morgan fingerprint density at radius 1 is 1.15 bits per heavy atom. The lowest BCUT2D eigenvalue weighted by Gasteiger charge is -2.27. The van der Waals surface area contributed by atoms with Gasteiger partial charge in [-0.2, -0.15) is 0 Å². The predicted octanol–water partition coefficient (Wildman–Crippen LogP) is 3.75. The molecule has 2 amide bonds. The lowest BCUT2D eigenvalue weighted by molar-refractivity contribution is -0.138. The maximum Gasteiger partial charge on any atom is 0.322 e. The van der Waals surface area contributed by atoms with E-state index < -0.39 is 11.9 Å². The van der Waals surface area contributed by atoms with Crippen molar-refractivity contribution in [3.05, 3.63) is 65.2 Å². The number of amides is 2. The fraction of sp³-hybridized carbons (Fsp3) is 0.269. The minimum absolute atomic E-state index is 0.0201. The molecule has 0 unspecified atom stereocenters. The number of likely N-dealkylation sites (tertiary alicyclic amines) is 1. The lowest BCUT2D eigenvalue weighted by atomic mass is 10.1. The summed E-state index contributed by atoms with van der Waals surface area (Å²) in [5.41, 5.74) is 1.06. The van der Waals surface area contributed by atoms with Crippen LogP contribution in [0.4, 0.5) is 10.2 Å². The van der Waals surface area contributed by atoms with E-state index in [9.17, 15) is 18.8 Å². The van der Waals surface area contributed by atoms with Crippen molar-refractivity contribution in [1.29, 1.82) is 0 Å². The van der Waals surface area contributed by atoms with Gasteiger partial charge in [-0.15, -0.1) is 0 Å². The molecule has 1 aromatic carbocycles. The smallest absolute Gasteiger partial charge is 0.322 e. The number of nitrogens with zero attached hydrogens (tertiary/aromatic N) is 6. The number of hydrogen-bond donors (Lipinski definition) is 1. The van der Waals surface area contributed by atoms with Crippen molar-refractivity contribution in [3.63, 3.8) is 0 Å². The van der Waals surface area contributed by atoms with Crippen LogP contribution in [0.25, 0.3) is 10.9 Å². The summed E-state index contributed by atoms with van der Waals surface area (Å²) in [6.45, 7) is 1.40. The molecule has 0 spiro atoms. The zero-order chi connectivity index (χ0) is 27.3. The molecular formula is C26H21BrFN7O4. The van der Waals surface area contributed by atoms with Gasteiger partial charge in [0.15, 0.2) is 17.4 Å². The first-order valence-electron chi connectivity index (χ1n) is 12.2. The second-order valence-electron chi connectivity index (χ2n) is 9.52. The summed E-state index contributed by atoms with van der Waals surface area (Å²) >= 11 is 3.24. The van der Waals surface area contributed by atoms with Crippen molar-refractivity contribution < 1.29 is 23.5 Å². The maximum absolute atomic E-state index is 13.6. The van der Waals surface area contributed by atoms with Crippen LogP contribution in [0, 0.1) is 11.7 Å². The topological polar surface area (TPSA) is 132 Å².